The fourth-order valence-corrected chi connectivity index (χ4v) is 4.06. The van der Waals surface area contributed by atoms with Gasteiger partial charge in [0.2, 0.25) is 0 Å². The topological polar surface area (TPSA) is 12.0 Å². The van der Waals surface area contributed by atoms with Gasteiger partial charge >= 0.3 is 0 Å². The van der Waals surface area contributed by atoms with E-state index in [-0.39, 0.29) is 6.04 Å². The van der Waals surface area contributed by atoms with Gasteiger partial charge in [-0.3, -0.25) is 0 Å². The molecular weight excluding hydrogens is 365 g/mol. The van der Waals surface area contributed by atoms with Crippen LogP contribution < -0.4 is 5.32 Å². The van der Waals surface area contributed by atoms with Gasteiger partial charge in [-0.25, -0.2) is 0 Å². The molecule has 0 aliphatic heterocycles. The van der Waals surface area contributed by atoms with Gasteiger partial charge in [-0.1, -0.05) is 46.1 Å². The molecular formula is C14H14BrCl2NS. The number of hydrogen-bond donors (Lipinski definition) is 1. The minimum absolute atomic E-state index is 0.182. The highest BCUT2D eigenvalue weighted by Crippen LogP contribution is 2.36. The smallest absolute Gasteiger partial charge is 0.0724 e. The third-order valence-corrected chi connectivity index (χ3v) is 5.29. The van der Waals surface area contributed by atoms with Crippen LogP contribution in [0.15, 0.2) is 28.7 Å². The predicted octanol–water partition coefficient (Wildman–Crippen LogP) is 6.55. The first-order chi connectivity index (χ1) is 9.01. The molecule has 102 valence electrons. The highest BCUT2D eigenvalue weighted by atomic mass is 79.9. The number of thiophene rings is 1. The van der Waals surface area contributed by atoms with Crippen LogP contribution in [0.5, 0.6) is 0 Å². The summed E-state index contributed by atoms with van der Waals surface area (Å²) in [6.45, 7) is 4.27. The molecule has 2 aromatic rings. The summed E-state index contributed by atoms with van der Waals surface area (Å²) in [6, 6.07) is 8.19. The van der Waals surface area contributed by atoms with Crippen molar-refractivity contribution in [3.63, 3.8) is 0 Å². The number of anilines is 1. The third-order valence-electron chi connectivity index (χ3n) is 2.83. The van der Waals surface area contributed by atoms with Gasteiger partial charge in [-0.05, 0) is 37.6 Å². The maximum atomic E-state index is 6.23. The predicted molar refractivity (Wildman–Crippen MR) is 89.9 cm³/mol. The van der Waals surface area contributed by atoms with Crippen molar-refractivity contribution in [2.75, 3.05) is 5.32 Å². The average molecular weight is 379 g/mol. The van der Waals surface area contributed by atoms with Crippen LogP contribution in [0.2, 0.25) is 10.0 Å². The van der Waals surface area contributed by atoms with Gasteiger partial charge in [0.05, 0.1) is 21.8 Å². The first-order valence-electron chi connectivity index (χ1n) is 6.01. The first kappa shape index (κ1) is 15.2. The van der Waals surface area contributed by atoms with E-state index in [4.69, 9.17) is 23.2 Å². The lowest BCUT2D eigenvalue weighted by molar-refractivity contribution is 0.908. The summed E-state index contributed by atoms with van der Waals surface area (Å²) < 4.78 is 0.880. The van der Waals surface area contributed by atoms with Gasteiger partial charge < -0.3 is 5.32 Å². The zero-order valence-electron chi connectivity index (χ0n) is 10.6. The summed E-state index contributed by atoms with van der Waals surface area (Å²) in [4.78, 5) is 2.67. The summed E-state index contributed by atoms with van der Waals surface area (Å²) in [7, 11) is 0. The maximum absolute atomic E-state index is 6.23. The molecule has 1 aromatic carbocycles. The Hall–Kier alpha value is -0.220. The molecule has 1 heterocycles. The SMILES string of the molecule is CCc1ccc(C(C)Nc2c(Cl)cc(Br)cc2Cl)s1. The van der Waals surface area contributed by atoms with Crippen LogP contribution >= 0.6 is 50.5 Å². The lowest BCUT2D eigenvalue weighted by Gasteiger charge is -2.16. The minimum Gasteiger partial charge on any atom is -0.375 e. The highest BCUT2D eigenvalue weighted by molar-refractivity contribution is 9.10. The van der Waals surface area contributed by atoms with Crippen LogP contribution in [0.1, 0.15) is 29.6 Å². The second-order valence-electron chi connectivity index (χ2n) is 4.27. The van der Waals surface area contributed by atoms with Crippen LogP contribution in [0.25, 0.3) is 0 Å². The molecule has 1 nitrogen and oxygen atoms in total. The number of rotatable bonds is 4. The van der Waals surface area contributed by atoms with E-state index in [1.165, 1.54) is 9.75 Å². The number of hydrogen-bond acceptors (Lipinski definition) is 2. The largest absolute Gasteiger partial charge is 0.375 e. The van der Waals surface area contributed by atoms with Crippen molar-refractivity contribution in [3.05, 3.63) is 48.5 Å². The standard InChI is InChI=1S/C14H14BrCl2NS/c1-3-10-4-5-13(19-10)8(2)18-14-11(16)6-9(15)7-12(14)17/h4-8,18H,3H2,1-2H3. The molecule has 2 rings (SSSR count). The number of aryl methyl sites for hydroxylation is 1. The van der Waals surface area contributed by atoms with Crippen molar-refractivity contribution >= 4 is 56.2 Å². The van der Waals surface area contributed by atoms with E-state index in [2.05, 4.69) is 47.2 Å². The zero-order chi connectivity index (χ0) is 14.0. The first-order valence-corrected chi connectivity index (χ1v) is 8.37. The Bertz CT molecular complexity index is 560. The molecule has 1 N–H and O–H groups in total. The van der Waals surface area contributed by atoms with Gasteiger partial charge in [0.25, 0.3) is 0 Å². The fourth-order valence-electron chi connectivity index (χ4n) is 1.78. The number of benzene rings is 1. The van der Waals surface area contributed by atoms with Crippen molar-refractivity contribution in [2.24, 2.45) is 0 Å². The van der Waals surface area contributed by atoms with E-state index in [0.717, 1.165) is 16.6 Å². The molecule has 0 radical (unpaired) electrons. The molecule has 1 aromatic heterocycles. The van der Waals surface area contributed by atoms with Crippen molar-refractivity contribution in [1.82, 2.24) is 0 Å². The Morgan fingerprint density at radius 3 is 2.42 bits per heavy atom. The van der Waals surface area contributed by atoms with E-state index < -0.39 is 0 Å². The molecule has 0 spiro atoms. The average Bonchev–Trinajstić information content (AvgIpc) is 2.82. The highest BCUT2D eigenvalue weighted by Gasteiger charge is 2.13. The van der Waals surface area contributed by atoms with Gasteiger partial charge in [-0.2, -0.15) is 0 Å². The summed E-state index contributed by atoms with van der Waals surface area (Å²) >= 11 is 17.6. The Morgan fingerprint density at radius 2 is 1.89 bits per heavy atom. The number of nitrogens with one attached hydrogen (secondary N) is 1. The van der Waals surface area contributed by atoms with Gasteiger partial charge in [0, 0.05) is 14.2 Å². The third kappa shape index (κ3) is 3.66. The van der Waals surface area contributed by atoms with Crippen LogP contribution in [-0.4, -0.2) is 0 Å². The van der Waals surface area contributed by atoms with E-state index in [0.29, 0.717) is 10.0 Å². The van der Waals surface area contributed by atoms with Gasteiger partial charge in [-0.15, -0.1) is 11.3 Å². The quantitative estimate of drug-likeness (QED) is 0.635. The molecule has 0 saturated carbocycles. The summed E-state index contributed by atoms with van der Waals surface area (Å²) in [5, 5.41) is 4.63. The molecule has 1 atom stereocenters. The lowest BCUT2D eigenvalue weighted by atomic mass is 10.2. The second-order valence-corrected chi connectivity index (χ2v) is 7.20. The van der Waals surface area contributed by atoms with Crippen LogP contribution in [-0.2, 0) is 6.42 Å². The van der Waals surface area contributed by atoms with Crippen molar-refractivity contribution in [3.8, 4) is 0 Å². The maximum Gasteiger partial charge on any atom is 0.0724 e. The summed E-state index contributed by atoms with van der Waals surface area (Å²) in [5.74, 6) is 0. The summed E-state index contributed by atoms with van der Waals surface area (Å²) in [6.07, 6.45) is 1.07. The molecule has 0 amide bonds. The van der Waals surface area contributed by atoms with Crippen LogP contribution in [0.3, 0.4) is 0 Å². The molecule has 1 unspecified atom stereocenters. The molecule has 5 heteroatoms. The molecule has 0 aliphatic rings. The van der Waals surface area contributed by atoms with E-state index in [9.17, 15) is 0 Å². The fraction of sp³-hybridized carbons (Fsp3) is 0.286. The van der Waals surface area contributed by atoms with Crippen LogP contribution in [0.4, 0.5) is 5.69 Å². The molecule has 0 aliphatic carbocycles. The van der Waals surface area contributed by atoms with Gasteiger partial charge in [0.1, 0.15) is 0 Å². The number of halogens is 3. The van der Waals surface area contributed by atoms with E-state index in [1.54, 1.807) is 0 Å². The van der Waals surface area contributed by atoms with Crippen molar-refractivity contribution in [2.45, 2.75) is 26.3 Å². The Kier molecular flexibility index (Phi) is 5.18. The normalized spacial score (nSPS) is 12.5. The van der Waals surface area contributed by atoms with E-state index >= 15 is 0 Å². The monoisotopic (exact) mass is 377 g/mol. The molecule has 0 fully saturated rings. The van der Waals surface area contributed by atoms with Crippen LogP contribution in [0, 0.1) is 0 Å². The Morgan fingerprint density at radius 1 is 1.26 bits per heavy atom. The lowest BCUT2D eigenvalue weighted by Crippen LogP contribution is -2.05. The van der Waals surface area contributed by atoms with Crippen molar-refractivity contribution in [1.29, 1.82) is 0 Å². The molecule has 0 bridgehead atoms. The Labute approximate surface area is 136 Å². The molecule has 19 heavy (non-hydrogen) atoms. The minimum atomic E-state index is 0.182. The van der Waals surface area contributed by atoms with Crippen molar-refractivity contribution < 1.29 is 0 Å². The summed E-state index contributed by atoms with van der Waals surface area (Å²) in [5.41, 5.74) is 0.783. The Balaban J connectivity index is 2.21. The van der Waals surface area contributed by atoms with Gasteiger partial charge in [0.15, 0.2) is 0 Å². The van der Waals surface area contributed by atoms with E-state index in [1.807, 2.05) is 23.5 Å². The molecule has 0 saturated heterocycles. The zero-order valence-corrected chi connectivity index (χ0v) is 14.6. The second kappa shape index (κ2) is 6.49.